The van der Waals surface area contributed by atoms with Crippen LogP contribution in [-0.2, 0) is 4.79 Å². The van der Waals surface area contributed by atoms with Gasteiger partial charge in [-0.25, -0.2) is 4.39 Å². The first kappa shape index (κ1) is 14.2. The van der Waals surface area contributed by atoms with Crippen LogP contribution < -0.4 is 0 Å². The number of hydrogen-bond donors (Lipinski definition) is 0. The molecule has 0 N–H and O–H groups in total. The lowest BCUT2D eigenvalue weighted by Crippen LogP contribution is -2.47. The van der Waals surface area contributed by atoms with Gasteiger partial charge >= 0.3 is 0 Å². The largest absolute Gasteiger partial charge is 0.335 e. The average Bonchev–Trinajstić information content (AvgIpc) is 2.47. The number of rotatable bonds is 2. The zero-order valence-electron chi connectivity index (χ0n) is 11.3. The van der Waals surface area contributed by atoms with Gasteiger partial charge in [0.25, 0.3) is 5.91 Å². The summed E-state index contributed by atoms with van der Waals surface area (Å²) in [5.74, 6) is -0.601. The van der Waals surface area contributed by atoms with Crippen LogP contribution in [0.1, 0.15) is 5.56 Å². The van der Waals surface area contributed by atoms with Gasteiger partial charge in [0.15, 0.2) is 0 Å². The molecule has 104 valence electrons. The summed E-state index contributed by atoms with van der Waals surface area (Å²) in [5, 5.41) is 9.14. The summed E-state index contributed by atoms with van der Waals surface area (Å²) < 4.78 is 12.8. The van der Waals surface area contributed by atoms with Crippen molar-refractivity contribution in [3.05, 3.63) is 41.2 Å². The molecule has 0 aromatic heterocycles. The summed E-state index contributed by atoms with van der Waals surface area (Å²) in [7, 11) is 2.00. The maximum Gasteiger partial charge on any atom is 0.264 e. The Morgan fingerprint density at radius 3 is 2.40 bits per heavy atom. The number of hydrogen-bond acceptors (Lipinski definition) is 3. The van der Waals surface area contributed by atoms with Gasteiger partial charge in [0.2, 0.25) is 0 Å². The lowest BCUT2D eigenvalue weighted by Gasteiger charge is -2.32. The number of halogens is 1. The highest BCUT2D eigenvalue weighted by atomic mass is 19.1. The van der Waals surface area contributed by atoms with Crippen LogP contribution in [0, 0.1) is 17.1 Å². The smallest absolute Gasteiger partial charge is 0.264 e. The number of carbonyl (C=O) groups is 1. The Bertz CT molecular complexity index is 551. The molecule has 0 unspecified atom stereocenters. The van der Waals surface area contributed by atoms with Crippen molar-refractivity contribution in [1.29, 1.82) is 5.26 Å². The molecule has 0 spiro atoms. The molecular formula is C15H16FN3O. The number of benzene rings is 1. The van der Waals surface area contributed by atoms with Crippen LogP contribution in [0.2, 0.25) is 0 Å². The van der Waals surface area contributed by atoms with Gasteiger partial charge in [0.1, 0.15) is 17.5 Å². The Kier molecular flexibility index (Phi) is 4.49. The van der Waals surface area contributed by atoms with Crippen molar-refractivity contribution in [3.63, 3.8) is 0 Å². The summed E-state index contributed by atoms with van der Waals surface area (Å²) in [6.07, 6.45) is 1.50. The fourth-order valence-electron chi connectivity index (χ4n) is 2.05. The first-order valence-electron chi connectivity index (χ1n) is 6.45. The third-order valence-electron chi connectivity index (χ3n) is 3.32. The molecule has 1 saturated heterocycles. The second-order valence-corrected chi connectivity index (χ2v) is 4.82. The summed E-state index contributed by atoms with van der Waals surface area (Å²) in [6.45, 7) is 2.86. The predicted octanol–water partition coefficient (Wildman–Crippen LogP) is 1.51. The van der Waals surface area contributed by atoms with E-state index in [2.05, 4.69) is 4.90 Å². The maximum atomic E-state index is 12.8. The molecule has 5 heteroatoms. The molecule has 0 radical (unpaired) electrons. The number of nitriles is 1. The molecule has 1 aromatic carbocycles. The van der Waals surface area contributed by atoms with Gasteiger partial charge in [-0.3, -0.25) is 4.79 Å². The highest BCUT2D eigenvalue weighted by molar-refractivity contribution is 6.01. The van der Waals surface area contributed by atoms with Crippen LogP contribution in [0.15, 0.2) is 29.8 Å². The molecule has 1 aliphatic heterocycles. The van der Waals surface area contributed by atoms with Crippen molar-refractivity contribution >= 4 is 12.0 Å². The standard InChI is InChI=1S/C15H16FN3O/c1-18-6-8-19(9-7-18)15(20)13(11-17)10-12-2-4-14(16)5-3-12/h2-5,10H,6-9H2,1H3. The summed E-state index contributed by atoms with van der Waals surface area (Å²) >= 11 is 0. The molecule has 20 heavy (non-hydrogen) atoms. The van der Waals surface area contributed by atoms with Crippen LogP contribution in [0.5, 0.6) is 0 Å². The molecule has 0 bridgehead atoms. The van der Waals surface area contributed by atoms with Crippen molar-refractivity contribution in [1.82, 2.24) is 9.80 Å². The minimum Gasteiger partial charge on any atom is -0.335 e. The number of piperazine rings is 1. The molecule has 0 aliphatic carbocycles. The molecule has 1 amide bonds. The van der Waals surface area contributed by atoms with E-state index in [1.54, 1.807) is 17.0 Å². The van der Waals surface area contributed by atoms with Gasteiger partial charge in [-0.1, -0.05) is 12.1 Å². The fraction of sp³-hybridized carbons (Fsp3) is 0.333. The SMILES string of the molecule is CN1CCN(C(=O)C(C#N)=Cc2ccc(F)cc2)CC1. The molecule has 4 nitrogen and oxygen atoms in total. The van der Waals surface area contributed by atoms with E-state index in [4.69, 9.17) is 5.26 Å². The van der Waals surface area contributed by atoms with Crippen molar-refractivity contribution < 1.29 is 9.18 Å². The van der Waals surface area contributed by atoms with E-state index < -0.39 is 0 Å². The minimum absolute atomic E-state index is 0.0844. The molecule has 2 rings (SSSR count). The predicted molar refractivity (Wildman–Crippen MR) is 74.1 cm³/mol. The normalized spacial score (nSPS) is 16.9. The van der Waals surface area contributed by atoms with Crippen LogP contribution in [0.25, 0.3) is 6.08 Å². The van der Waals surface area contributed by atoms with Crippen LogP contribution in [-0.4, -0.2) is 48.9 Å². The Morgan fingerprint density at radius 1 is 1.25 bits per heavy atom. The lowest BCUT2D eigenvalue weighted by molar-refractivity contribution is -0.128. The zero-order chi connectivity index (χ0) is 14.5. The Balaban J connectivity index is 2.13. The molecule has 0 saturated carbocycles. The topological polar surface area (TPSA) is 47.3 Å². The first-order chi connectivity index (χ1) is 9.60. The monoisotopic (exact) mass is 273 g/mol. The Labute approximate surface area is 117 Å². The summed E-state index contributed by atoms with van der Waals surface area (Å²) in [5.41, 5.74) is 0.728. The lowest BCUT2D eigenvalue weighted by atomic mass is 10.1. The summed E-state index contributed by atoms with van der Waals surface area (Å²) in [4.78, 5) is 16.1. The highest BCUT2D eigenvalue weighted by Gasteiger charge is 2.21. The van der Waals surface area contributed by atoms with Crippen molar-refractivity contribution in [2.24, 2.45) is 0 Å². The molecular weight excluding hydrogens is 257 g/mol. The van der Waals surface area contributed by atoms with E-state index in [0.717, 1.165) is 13.1 Å². The maximum absolute atomic E-state index is 12.8. The molecule has 1 fully saturated rings. The molecule has 1 heterocycles. The van der Waals surface area contributed by atoms with Crippen molar-refractivity contribution in [3.8, 4) is 6.07 Å². The Morgan fingerprint density at radius 2 is 1.85 bits per heavy atom. The van der Waals surface area contributed by atoms with Gasteiger partial charge in [0, 0.05) is 26.2 Å². The number of carbonyl (C=O) groups excluding carboxylic acids is 1. The highest BCUT2D eigenvalue weighted by Crippen LogP contribution is 2.11. The third kappa shape index (κ3) is 3.43. The Hall–Kier alpha value is -2.19. The molecule has 1 aliphatic rings. The van der Waals surface area contributed by atoms with Gasteiger partial charge < -0.3 is 9.80 Å². The third-order valence-corrected chi connectivity index (χ3v) is 3.32. The number of amides is 1. The van der Waals surface area contributed by atoms with E-state index in [9.17, 15) is 9.18 Å². The number of likely N-dealkylation sites (N-methyl/N-ethyl adjacent to an activating group) is 1. The van der Waals surface area contributed by atoms with Gasteiger partial charge in [-0.05, 0) is 30.8 Å². The molecule has 0 atom stereocenters. The van der Waals surface area contributed by atoms with Crippen molar-refractivity contribution in [2.75, 3.05) is 33.2 Å². The van der Waals surface area contributed by atoms with Crippen LogP contribution in [0.4, 0.5) is 4.39 Å². The van der Waals surface area contributed by atoms with E-state index >= 15 is 0 Å². The van der Waals surface area contributed by atoms with Gasteiger partial charge in [-0.15, -0.1) is 0 Å². The first-order valence-corrected chi connectivity index (χ1v) is 6.45. The second kappa shape index (κ2) is 6.31. The average molecular weight is 273 g/mol. The number of nitrogens with zero attached hydrogens (tertiary/aromatic N) is 3. The van der Waals surface area contributed by atoms with Crippen molar-refractivity contribution in [2.45, 2.75) is 0 Å². The van der Waals surface area contributed by atoms with Gasteiger partial charge in [0.05, 0.1) is 0 Å². The molecule has 1 aromatic rings. The van der Waals surface area contributed by atoms with Gasteiger partial charge in [-0.2, -0.15) is 5.26 Å². The zero-order valence-corrected chi connectivity index (χ0v) is 11.3. The quantitative estimate of drug-likeness (QED) is 0.606. The van der Waals surface area contributed by atoms with Crippen LogP contribution in [0.3, 0.4) is 0 Å². The van der Waals surface area contributed by atoms with E-state index in [-0.39, 0.29) is 17.3 Å². The van der Waals surface area contributed by atoms with E-state index in [0.29, 0.717) is 18.7 Å². The minimum atomic E-state index is -0.342. The van der Waals surface area contributed by atoms with Crippen LogP contribution >= 0.6 is 0 Å². The van der Waals surface area contributed by atoms with E-state index in [1.807, 2.05) is 13.1 Å². The summed E-state index contributed by atoms with van der Waals surface area (Å²) in [6, 6.07) is 7.64. The fourth-order valence-corrected chi connectivity index (χ4v) is 2.05. The second-order valence-electron chi connectivity index (χ2n) is 4.82. The van der Waals surface area contributed by atoms with E-state index in [1.165, 1.54) is 18.2 Å².